The number of benzene rings is 2. The Hall–Kier alpha value is -1.90. The molecule has 3 aromatic rings. The van der Waals surface area contributed by atoms with Gasteiger partial charge in [0, 0.05) is 20.4 Å². The van der Waals surface area contributed by atoms with Crippen LogP contribution in [-0.2, 0) is 0 Å². The number of hydrogen-bond acceptors (Lipinski definition) is 5. The molecule has 0 amide bonds. The topological polar surface area (TPSA) is 65.7 Å². The molecule has 1 aliphatic carbocycles. The smallest absolute Gasteiger partial charge is 0.282 e. The monoisotopic (exact) mass is 651 g/mol. The zero-order valence-corrected chi connectivity index (χ0v) is 25.5. The first kappa shape index (κ1) is 28.1. The summed E-state index contributed by atoms with van der Waals surface area (Å²) in [7, 11) is 0. The molecule has 0 atom stereocenters. The summed E-state index contributed by atoms with van der Waals surface area (Å²) in [5.41, 5.74) is 1.12. The summed E-state index contributed by atoms with van der Waals surface area (Å²) in [5, 5.41) is 5.58. The molecule has 0 radical (unpaired) electrons. The van der Waals surface area contributed by atoms with Gasteiger partial charge in [0.2, 0.25) is 0 Å². The summed E-state index contributed by atoms with van der Waals surface area (Å²) < 4.78 is 14.8. The van der Waals surface area contributed by atoms with Gasteiger partial charge in [-0.2, -0.15) is 9.78 Å². The van der Waals surface area contributed by atoms with Gasteiger partial charge in [-0.05, 0) is 65.4 Å². The highest BCUT2D eigenvalue weighted by Crippen LogP contribution is 2.43. The third kappa shape index (κ3) is 6.58. The van der Waals surface area contributed by atoms with Crippen LogP contribution in [0.1, 0.15) is 77.1 Å². The van der Waals surface area contributed by atoms with E-state index in [1.807, 2.05) is 25.1 Å². The quantitative estimate of drug-likeness (QED) is 0.241. The summed E-state index contributed by atoms with van der Waals surface area (Å²) in [6.07, 6.45) is 7.07. The highest BCUT2D eigenvalue weighted by Gasteiger charge is 2.23. The van der Waals surface area contributed by atoms with Crippen LogP contribution in [0.3, 0.4) is 0 Å². The minimum Gasteiger partial charge on any atom is -0.490 e. The normalized spacial score (nSPS) is 15.0. The molecular formula is C28H32Br2ClN3O3. The number of halogens is 3. The molecule has 37 heavy (non-hydrogen) atoms. The van der Waals surface area contributed by atoms with Crippen molar-refractivity contribution in [3.8, 4) is 11.5 Å². The molecule has 6 nitrogen and oxygen atoms in total. The molecule has 0 N–H and O–H groups in total. The maximum Gasteiger partial charge on any atom is 0.282 e. The van der Waals surface area contributed by atoms with Crippen LogP contribution in [0, 0.1) is 5.41 Å². The van der Waals surface area contributed by atoms with E-state index in [4.69, 9.17) is 26.1 Å². The second-order valence-corrected chi connectivity index (χ2v) is 12.6. The van der Waals surface area contributed by atoms with Crippen LogP contribution in [0.15, 0.2) is 43.1 Å². The molecule has 1 fully saturated rings. The third-order valence-corrected chi connectivity index (χ3v) is 8.16. The average Bonchev–Trinajstić information content (AvgIpc) is 2.86. The van der Waals surface area contributed by atoms with Crippen molar-refractivity contribution in [2.24, 2.45) is 10.5 Å². The van der Waals surface area contributed by atoms with Crippen molar-refractivity contribution in [2.45, 2.75) is 65.7 Å². The van der Waals surface area contributed by atoms with Crippen molar-refractivity contribution < 1.29 is 9.47 Å². The molecular weight excluding hydrogens is 622 g/mol. The van der Waals surface area contributed by atoms with Gasteiger partial charge in [-0.25, -0.2) is 4.98 Å². The molecule has 0 bridgehead atoms. The highest BCUT2D eigenvalue weighted by molar-refractivity contribution is 9.10. The lowest BCUT2D eigenvalue weighted by Crippen LogP contribution is -2.25. The van der Waals surface area contributed by atoms with E-state index >= 15 is 0 Å². The summed E-state index contributed by atoms with van der Waals surface area (Å²) in [6.45, 7) is 9.12. The maximum absolute atomic E-state index is 13.6. The second kappa shape index (κ2) is 11.9. The van der Waals surface area contributed by atoms with E-state index in [-0.39, 0.29) is 16.9 Å². The number of hydrogen-bond donors (Lipinski definition) is 0. The summed E-state index contributed by atoms with van der Waals surface area (Å²) in [4.78, 5) is 18.5. The molecule has 0 unspecified atom stereocenters. The Morgan fingerprint density at radius 1 is 1.16 bits per heavy atom. The predicted octanol–water partition coefficient (Wildman–Crippen LogP) is 8.33. The molecule has 4 rings (SSSR count). The first-order valence-electron chi connectivity index (χ1n) is 12.6. The number of fused-ring (bicyclic) bond motifs is 1. The number of aromatic nitrogens is 2. The fraction of sp³-hybridized carbons (Fsp3) is 0.464. The van der Waals surface area contributed by atoms with E-state index in [2.05, 4.69) is 57.7 Å². The zero-order chi connectivity index (χ0) is 26.7. The first-order chi connectivity index (χ1) is 17.6. The molecule has 9 heteroatoms. The number of ether oxygens (including phenoxy) is 2. The van der Waals surface area contributed by atoms with E-state index in [1.54, 1.807) is 12.3 Å². The summed E-state index contributed by atoms with van der Waals surface area (Å²) >= 11 is 13.8. The van der Waals surface area contributed by atoms with E-state index in [0.29, 0.717) is 56.5 Å². The van der Waals surface area contributed by atoms with Crippen molar-refractivity contribution in [3.63, 3.8) is 0 Å². The van der Waals surface area contributed by atoms with Gasteiger partial charge in [0.05, 0.1) is 30.3 Å². The van der Waals surface area contributed by atoms with Crippen LogP contribution in [0.4, 0.5) is 0 Å². The van der Waals surface area contributed by atoms with Gasteiger partial charge < -0.3 is 9.47 Å². The Morgan fingerprint density at radius 2 is 1.89 bits per heavy atom. The van der Waals surface area contributed by atoms with Crippen molar-refractivity contribution in [3.05, 3.63) is 60.0 Å². The number of nitrogens with zero attached hydrogens (tertiary/aromatic N) is 3. The molecule has 0 aliphatic heterocycles. The zero-order valence-electron chi connectivity index (χ0n) is 21.6. The lowest BCUT2D eigenvalue weighted by atomic mass is 9.88. The molecule has 0 spiro atoms. The fourth-order valence-corrected chi connectivity index (χ4v) is 5.42. The van der Waals surface area contributed by atoms with Crippen LogP contribution in [0.5, 0.6) is 11.5 Å². The molecule has 1 saturated carbocycles. The van der Waals surface area contributed by atoms with Crippen LogP contribution < -0.4 is 15.0 Å². The SMILES string of the molecule is CCOc1cc(C=Nn2c(C3CCCCC3)nc3ccc(Br)cc3c2=O)c(Br)c(Cl)c1OCC(C)(C)C. The van der Waals surface area contributed by atoms with Gasteiger partial charge in [-0.1, -0.05) is 67.6 Å². The lowest BCUT2D eigenvalue weighted by molar-refractivity contribution is 0.188. The predicted molar refractivity (Wildman–Crippen MR) is 158 cm³/mol. The Kier molecular flexibility index (Phi) is 9.02. The first-order valence-corrected chi connectivity index (χ1v) is 14.6. The van der Waals surface area contributed by atoms with Crippen LogP contribution in [-0.4, -0.2) is 29.1 Å². The van der Waals surface area contributed by atoms with Crippen LogP contribution in [0.2, 0.25) is 5.02 Å². The van der Waals surface area contributed by atoms with Crippen molar-refractivity contribution in [1.82, 2.24) is 9.66 Å². The van der Waals surface area contributed by atoms with Crippen molar-refractivity contribution in [1.29, 1.82) is 0 Å². The van der Waals surface area contributed by atoms with E-state index in [9.17, 15) is 4.79 Å². The Morgan fingerprint density at radius 3 is 2.57 bits per heavy atom. The Bertz CT molecular complexity index is 1380. The largest absolute Gasteiger partial charge is 0.490 e. The van der Waals surface area contributed by atoms with Gasteiger partial charge in [-0.15, -0.1) is 0 Å². The molecule has 0 saturated heterocycles. The van der Waals surface area contributed by atoms with Crippen LogP contribution >= 0.6 is 43.5 Å². The number of rotatable bonds is 7. The van der Waals surface area contributed by atoms with Gasteiger partial charge >= 0.3 is 0 Å². The Labute approximate surface area is 239 Å². The summed E-state index contributed by atoms with van der Waals surface area (Å²) in [5.74, 6) is 1.90. The maximum atomic E-state index is 13.6. The van der Waals surface area contributed by atoms with Crippen molar-refractivity contribution in [2.75, 3.05) is 13.2 Å². The fourth-order valence-electron chi connectivity index (χ4n) is 4.41. The summed E-state index contributed by atoms with van der Waals surface area (Å²) in [6, 6.07) is 7.41. The van der Waals surface area contributed by atoms with Gasteiger partial charge in [-0.3, -0.25) is 4.79 Å². The minimum absolute atomic E-state index is 0.0474. The molecule has 198 valence electrons. The van der Waals surface area contributed by atoms with E-state index < -0.39 is 0 Å². The van der Waals surface area contributed by atoms with Crippen LogP contribution in [0.25, 0.3) is 10.9 Å². The Balaban J connectivity index is 1.81. The molecule has 1 aromatic heterocycles. The van der Waals surface area contributed by atoms with E-state index in [0.717, 1.165) is 30.2 Å². The average molecular weight is 654 g/mol. The lowest BCUT2D eigenvalue weighted by Gasteiger charge is -2.23. The highest BCUT2D eigenvalue weighted by atomic mass is 79.9. The second-order valence-electron chi connectivity index (χ2n) is 10.5. The molecule has 1 aliphatic rings. The molecule has 1 heterocycles. The van der Waals surface area contributed by atoms with Gasteiger partial charge in [0.1, 0.15) is 10.8 Å². The van der Waals surface area contributed by atoms with Crippen molar-refractivity contribution >= 4 is 60.6 Å². The standard InChI is InChI=1S/C28H32Br2ClN3O3/c1-5-36-22-13-18(23(30)24(31)25(22)37-16-28(2,3)4)15-32-34-26(17-9-7-6-8-10-17)33-21-12-11-19(29)14-20(21)27(34)35/h11-15,17H,5-10,16H2,1-4H3. The third-order valence-electron chi connectivity index (χ3n) is 6.22. The van der Waals surface area contributed by atoms with Gasteiger partial charge in [0.15, 0.2) is 11.5 Å². The van der Waals surface area contributed by atoms with E-state index in [1.165, 1.54) is 11.1 Å². The molecule has 2 aromatic carbocycles. The van der Waals surface area contributed by atoms with Gasteiger partial charge in [0.25, 0.3) is 5.56 Å². The minimum atomic E-state index is -0.194.